The quantitative estimate of drug-likeness (QED) is 0.607. The molecule has 0 aromatic carbocycles. The number of rotatable bonds is 0. The van der Waals surface area contributed by atoms with E-state index in [1.165, 1.54) is 19.3 Å². The molecule has 0 bridgehead atoms. The van der Waals surface area contributed by atoms with Crippen LogP contribution in [-0.2, 0) is 14.3 Å². The number of esters is 1. The average molecular weight is 236 g/mol. The Morgan fingerprint density at radius 3 is 2.71 bits per heavy atom. The first-order valence-electron chi connectivity index (χ1n) is 6.82. The van der Waals surface area contributed by atoms with Gasteiger partial charge in [0.15, 0.2) is 0 Å². The summed E-state index contributed by atoms with van der Waals surface area (Å²) in [6.45, 7) is 2.92. The fourth-order valence-electron chi connectivity index (χ4n) is 3.49. The molecule has 0 amide bonds. The van der Waals surface area contributed by atoms with E-state index < -0.39 is 0 Å². The van der Waals surface area contributed by atoms with Crippen LogP contribution in [0.5, 0.6) is 0 Å². The molecule has 3 aliphatic rings. The van der Waals surface area contributed by atoms with E-state index in [4.69, 9.17) is 9.47 Å². The fourth-order valence-corrected chi connectivity index (χ4v) is 3.49. The Bertz CT molecular complexity index is 364. The molecule has 1 atom stereocenters. The van der Waals surface area contributed by atoms with Crippen LogP contribution in [0, 0.1) is 5.92 Å². The molecule has 2 aliphatic heterocycles. The van der Waals surface area contributed by atoms with Crippen molar-refractivity contribution in [1.82, 2.24) is 0 Å². The zero-order valence-electron chi connectivity index (χ0n) is 10.5. The van der Waals surface area contributed by atoms with Crippen molar-refractivity contribution in [2.24, 2.45) is 5.92 Å². The molecule has 0 saturated heterocycles. The van der Waals surface area contributed by atoms with Crippen molar-refractivity contribution in [2.45, 2.75) is 57.5 Å². The molecule has 1 spiro atoms. The maximum absolute atomic E-state index is 12.1. The largest absolute Gasteiger partial charge is 0.497 e. The molecule has 0 N–H and O–H groups in total. The van der Waals surface area contributed by atoms with E-state index in [9.17, 15) is 4.79 Å². The minimum Gasteiger partial charge on any atom is -0.497 e. The van der Waals surface area contributed by atoms with Gasteiger partial charge in [-0.25, -0.2) is 4.79 Å². The van der Waals surface area contributed by atoms with Crippen LogP contribution in [-0.4, -0.2) is 18.2 Å². The molecule has 0 aromatic rings. The van der Waals surface area contributed by atoms with Crippen LogP contribution < -0.4 is 0 Å². The Morgan fingerprint density at radius 1 is 1.18 bits per heavy atom. The van der Waals surface area contributed by atoms with Gasteiger partial charge in [0, 0.05) is 0 Å². The first kappa shape index (κ1) is 11.1. The number of ether oxygens (including phenoxy) is 2. The van der Waals surface area contributed by atoms with Crippen LogP contribution in [0.1, 0.15) is 51.9 Å². The lowest BCUT2D eigenvalue weighted by molar-refractivity contribution is -0.172. The lowest BCUT2D eigenvalue weighted by Crippen LogP contribution is -2.49. The maximum atomic E-state index is 12.1. The molecule has 3 heteroatoms. The normalized spacial score (nSPS) is 31.8. The van der Waals surface area contributed by atoms with Crippen LogP contribution in [0.15, 0.2) is 11.3 Å². The highest BCUT2D eigenvalue weighted by Gasteiger charge is 2.49. The van der Waals surface area contributed by atoms with Crippen LogP contribution in [0.25, 0.3) is 0 Å². The zero-order valence-corrected chi connectivity index (χ0v) is 10.5. The van der Waals surface area contributed by atoms with Crippen LogP contribution >= 0.6 is 0 Å². The summed E-state index contributed by atoms with van der Waals surface area (Å²) >= 11 is 0. The fraction of sp³-hybridized carbons (Fsp3) is 0.786. The monoisotopic (exact) mass is 236 g/mol. The average Bonchev–Trinajstić information content (AvgIpc) is 2.37. The third-order valence-corrected chi connectivity index (χ3v) is 4.55. The van der Waals surface area contributed by atoms with Gasteiger partial charge in [-0.1, -0.05) is 13.3 Å². The third kappa shape index (κ3) is 1.67. The van der Waals surface area contributed by atoms with Gasteiger partial charge < -0.3 is 9.47 Å². The molecule has 1 fully saturated rings. The van der Waals surface area contributed by atoms with Crippen molar-refractivity contribution >= 4 is 5.97 Å². The smallest absolute Gasteiger partial charge is 0.338 e. The van der Waals surface area contributed by atoms with Crippen LogP contribution in [0.2, 0.25) is 0 Å². The summed E-state index contributed by atoms with van der Waals surface area (Å²) in [5, 5.41) is 0. The second kappa shape index (κ2) is 4.04. The summed E-state index contributed by atoms with van der Waals surface area (Å²) in [5.74, 6) is 1.07. The highest BCUT2D eigenvalue weighted by Crippen LogP contribution is 2.46. The molecular weight excluding hydrogens is 216 g/mol. The molecule has 0 aromatic heterocycles. The molecule has 0 radical (unpaired) electrons. The standard InChI is InChI=1S/C14H20O3/c1-10-12-11(6-5-9-16-12)13(15)17-14(10)7-3-2-4-8-14/h10H,2-9H2,1H3. The van der Waals surface area contributed by atoms with Gasteiger partial charge in [-0.2, -0.15) is 0 Å². The Morgan fingerprint density at radius 2 is 1.94 bits per heavy atom. The van der Waals surface area contributed by atoms with Gasteiger partial charge in [0.05, 0.1) is 18.1 Å². The lowest BCUT2D eigenvalue weighted by Gasteiger charge is -2.46. The topological polar surface area (TPSA) is 35.5 Å². The number of carbonyl (C=O) groups is 1. The molecule has 3 nitrogen and oxygen atoms in total. The summed E-state index contributed by atoms with van der Waals surface area (Å²) < 4.78 is 11.6. The highest BCUT2D eigenvalue weighted by atomic mass is 16.6. The number of hydrogen-bond donors (Lipinski definition) is 0. The zero-order chi connectivity index (χ0) is 11.9. The van der Waals surface area contributed by atoms with E-state index in [1.807, 2.05) is 0 Å². The van der Waals surface area contributed by atoms with E-state index in [0.717, 1.165) is 43.6 Å². The molecule has 1 saturated carbocycles. The Balaban J connectivity index is 1.96. The van der Waals surface area contributed by atoms with Gasteiger partial charge in [0.2, 0.25) is 0 Å². The summed E-state index contributed by atoms with van der Waals surface area (Å²) in [5.41, 5.74) is 0.547. The molecule has 1 unspecified atom stereocenters. The van der Waals surface area contributed by atoms with Gasteiger partial charge in [0.1, 0.15) is 11.4 Å². The summed E-state index contributed by atoms with van der Waals surface area (Å²) in [7, 11) is 0. The Labute approximate surface area is 102 Å². The van der Waals surface area contributed by atoms with Crippen molar-refractivity contribution in [3.05, 3.63) is 11.3 Å². The van der Waals surface area contributed by atoms with Gasteiger partial charge in [-0.05, 0) is 38.5 Å². The lowest BCUT2D eigenvalue weighted by atomic mass is 9.73. The first-order chi connectivity index (χ1) is 8.23. The molecule has 1 aliphatic carbocycles. The third-order valence-electron chi connectivity index (χ3n) is 4.55. The van der Waals surface area contributed by atoms with E-state index in [0.29, 0.717) is 0 Å². The van der Waals surface area contributed by atoms with Gasteiger partial charge in [-0.15, -0.1) is 0 Å². The Hall–Kier alpha value is -0.990. The van der Waals surface area contributed by atoms with Gasteiger partial charge in [-0.3, -0.25) is 0 Å². The van der Waals surface area contributed by atoms with Crippen LogP contribution in [0.4, 0.5) is 0 Å². The van der Waals surface area contributed by atoms with Crippen LogP contribution in [0.3, 0.4) is 0 Å². The molecule has 2 heterocycles. The van der Waals surface area contributed by atoms with E-state index in [2.05, 4.69) is 6.92 Å². The number of carbonyl (C=O) groups excluding carboxylic acids is 1. The molecule has 94 valence electrons. The van der Waals surface area contributed by atoms with Crippen molar-refractivity contribution < 1.29 is 14.3 Å². The van der Waals surface area contributed by atoms with Crippen molar-refractivity contribution in [1.29, 1.82) is 0 Å². The Kier molecular flexibility index (Phi) is 2.64. The molecular formula is C14H20O3. The minimum absolute atomic E-state index is 0.111. The van der Waals surface area contributed by atoms with Crippen molar-refractivity contribution in [2.75, 3.05) is 6.61 Å². The summed E-state index contributed by atoms with van der Waals surface area (Å²) in [4.78, 5) is 12.1. The second-order valence-corrected chi connectivity index (χ2v) is 5.53. The predicted molar refractivity (Wildman–Crippen MR) is 63.3 cm³/mol. The van der Waals surface area contributed by atoms with Crippen molar-refractivity contribution in [3.8, 4) is 0 Å². The van der Waals surface area contributed by atoms with Crippen molar-refractivity contribution in [3.63, 3.8) is 0 Å². The highest BCUT2D eigenvalue weighted by molar-refractivity contribution is 5.90. The van der Waals surface area contributed by atoms with E-state index in [1.54, 1.807) is 0 Å². The van der Waals surface area contributed by atoms with Gasteiger partial charge >= 0.3 is 5.97 Å². The van der Waals surface area contributed by atoms with Gasteiger partial charge in [0.25, 0.3) is 0 Å². The van der Waals surface area contributed by atoms with E-state index >= 15 is 0 Å². The van der Waals surface area contributed by atoms with E-state index in [-0.39, 0.29) is 17.5 Å². The minimum atomic E-state index is -0.258. The maximum Gasteiger partial charge on any atom is 0.338 e. The molecule has 17 heavy (non-hydrogen) atoms. The predicted octanol–water partition coefficient (Wildman–Crippen LogP) is 2.95. The molecule has 3 rings (SSSR count). The first-order valence-corrected chi connectivity index (χ1v) is 6.82. The second-order valence-electron chi connectivity index (χ2n) is 5.53. The SMILES string of the molecule is CC1C2=C(CCCO2)C(=O)OC12CCCCC2. The number of hydrogen-bond acceptors (Lipinski definition) is 3. The summed E-state index contributed by atoms with van der Waals surface area (Å²) in [6.07, 6.45) is 7.36. The summed E-state index contributed by atoms with van der Waals surface area (Å²) in [6, 6.07) is 0.